The standard InChI is InChI=1S/C18H27N3O/c1-2-15-7-3-6-10-17(15)19-18(22)21-13-11-20(12-14-21)16-8-4-5-9-16/h3,6-7,10,16H,2,4-5,8-9,11-14H2,1H3,(H,19,22). The molecule has 120 valence electrons. The Morgan fingerprint density at radius 1 is 1.14 bits per heavy atom. The normalized spacial score (nSPS) is 20.3. The summed E-state index contributed by atoms with van der Waals surface area (Å²) in [4.78, 5) is 17.0. The smallest absolute Gasteiger partial charge is 0.321 e. The minimum absolute atomic E-state index is 0.0481. The van der Waals surface area contributed by atoms with Crippen LogP contribution in [-0.2, 0) is 6.42 Å². The summed E-state index contributed by atoms with van der Waals surface area (Å²) in [7, 11) is 0. The van der Waals surface area contributed by atoms with Crippen molar-refractivity contribution in [1.29, 1.82) is 0 Å². The predicted molar refractivity (Wildman–Crippen MR) is 90.2 cm³/mol. The number of rotatable bonds is 3. The lowest BCUT2D eigenvalue weighted by Gasteiger charge is -2.38. The Morgan fingerprint density at radius 2 is 1.82 bits per heavy atom. The zero-order valence-corrected chi connectivity index (χ0v) is 13.6. The van der Waals surface area contributed by atoms with Gasteiger partial charge in [0.1, 0.15) is 0 Å². The van der Waals surface area contributed by atoms with E-state index in [1.807, 2.05) is 23.1 Å². The lowest BCUT2D eigenvalue weighted by atomic mass is 10.1. The zero-order chi connectivity index (χ0) is 15.4. The highest BCUT2D eigenvalue weighted by atomic mass is 16.2. The van der Waals surface area contributed by atoms with Crippen LogP contribution in [0.4, 0.5) is 10.5 Å². The number of carbonyl (C=O) groups is 1. The van der Waals surface area contributed by atoms with Crippen molar-refractivity contribution < 1.29 is 4.79 Å². The Kier molecular flexibility index (Phi) is 4.98. The van der Waals surface area contributed by atoms with Gasteiger partial charge in [0, 0.05) is 37.9 Å². The van der Waals surface area contributed by atoms with E-state index in [0.29, 0.717) is 0 Å². The number of nitrogens with one attached hydrogen (secondary N) is 1. The second-order valence-corrected chi connectivity index (χ2v) is 6.40. The fourth-order valence-corrected chi connectivity index (χ4v) is 3.70. The van der Waals surface area contributed by atoms with Crippen LogP contribution in [0, 0.1) is 0 Å². The van der Waals surface area contributed by atoms with E-state index in [1.165, 1.54) is 31.2 Å². The first kappa shape index (κ1) is 15.3. The van der Waals surface area contributed by atoms with Crippen LogP contribution in [0.5, 0.6) is 0 Å². The van der Waals surface area contributed by atoms with Crippen molar-refractivity contribution in [1.82, 2.24) is 9.80 Å². The average molecular weight is 301 g/mol. The number of hydrogen-bond donors (Lipinski definition) is 1. The van der Waals surface area contributed by atoms with E-state index in [9.17, 15) is 4.79 Å². The van der Waals surface area contributed by atoms with E-state index in [1.54, 1.807) is 0 Å². The lowest BCUT2D eigenvalue weighted by molar-refractivity contribution is 0.115. The van der Waals surface area contributed by atoms with Crippen LogP contribution in [0.1, 0.15) is 38.2 Å². The van der Waals surface area contributed by atoms with Gasteiger partial charge in [-0.15, -0.1) is 0 Å². The Bertz CT molecular complexity index is 503. The van der Waals surface area contributed by atoms with Crippen LogP contribution >= 0.6 is 0 Å². The number of urea groups is 1. The van der Waals surface area contributed by atoms with Crippen molar-refractivity contribution in [2.45, 2.75) is 45.1 Å². The number of amides is 2. The van der Waals surface area contributed by atoms with Gasteiger partial charge in [-0.05, 0) is 30.9 Å². The summed E-state index contributed by atoms with van der Waals surface area (Å²) >= 11 is 0. The summed E-state index contributed by atoms with van der Waals surface area (Å²) in [6.45, 7) is 5.85. The molecule has 1 heterocycles. The maximum atomic E-state index is 12.5. The molecule has 4 heteroatoms. The first-order valence-corrected chi connectivity index (χ1v) is 8.66. The van der Waals surface area contributed by atoms with E-state index in [4.69, 9.17) is 0 Å². The number of benzene rings is 1. The summed E-state index contributed by atoms with van der Waals surface area (Å²) in [5.74, 6) is 0. The molecule has 2 amide bonds. The van der Waals surface area contributed by atoms with Crippen LogP contribution in [0.2, 0.25) is 0 Å². The molecule has 1 N–H and O–H groups in total. The van der Waals surface area contributed by atoms with Crippen LogP contribution in [-0.4, -0.2) is 48.1 Å². The van der Waals surface area contributed by atoms with Crippen LogP contribution in [0.25, 0.3) is 0 Å². The van der Waals surface area contributed by atoms with Gasteiger partial charge in [0.25, 0.3) is 0 Å². The van der Waals surface area contributed by atoms with Crippen molar-refractivity contribution in [2.75, 3.05) is 31.5 Å². The molecule has 0 atom stereocenters. The molecule has 1 aromatic rings. The van der Waals surface area contributed by atoms with E-state index < -0.39 is 0 Å². The molecule has 4 nitrogen and oxygen atoms in total. The molecular weight excluding hydrogens is 274 g/mol. The molecule has 0 spiro atoms. The first-order valence-electron chi connectivity index (χ1n) is 8.66. The van der Waals surface area contributed by atoms with Gasteiger partial charge in [0.15, 0.2) is 0 Å². The third-order valence-electron chi connectivity index (χ3n) is 5.08. The monoisotopic (exact) mass is 301 g/mol. The lowest BCUT2D eigenvalue weighted by Crippen LogP contribution is -2.52. The fourth-order valence-electron chi connectivity index (χ4n) is 3.70. The van der Waals surface area contributed by atoms with E-state index >= 15 is 0 Å². The third-order valence-corrected chi connectivity index (χ3v) is 5.08. The molecule has 1 aliphatic carbocycles. The average Bonchev–Trinajstić information content (AvgIpc) is 3.10. The molecule has 0 bridgehead atoms. The summed E-state index contributed by atoms with van der Waals surface area (Å²) in [5.41, 5.74) is 2.15. The van der Waals surface area contributed by atoms with Gasteiger partial charge in [0.2, 0.25) is 0 Å². The van der Waals surface area contributed by atoms with Crippen LogP contribution in [0.15, 0.2) is 24.3 Å². The van der Waals surface area contributed by atoms with E-state index in [2.05, 4.69) is 23.2 Å². The van der Waals surface area contributed by atoms with Crippen molar-refractivity contribution >= 4 is 11.7 Å². The summed E-state index contributed by atoms with van der Waals surface area (Å²) in [6.07, 6.45) is 6.37. The molecule has 1 aliphatic heterocycles. The quantitative estimate of drug-likeness (QED) is 0.929. The van der Waals surface area contributed by atoms with E-state index in [0.717, 1.165) is 44.3 Å². The SMILES string of the molecule is CCc1ccccc1NC(=O)N1CCN(C2CCCC2)CC1. The highest BCUT2D eigenvalue weighted by Gasteiger charge is 2.27. The molecule has 1 aromatic carbocycles. The van der Waals surface area contributed by atoms with Gasteiger partial charge < -0.3 is 10.2 Å². The fraction of sp³-hybridized carbons (Fsp3) is 0.611. The van der Waals surface area contributed by atoms with Gasteiger partial charge in [-0.2, -0.15) is 0 Å². The Morgan fingerprint density at radius 3 is 2.50 bits per heavy atom. The van der Waals surface area contributed by atoms with Crippen LogP contribution < -0.4 is 5.32 Å². The van der Waals surface area contributed by atoms with Crippen molar-refractivity contribution in [3.63, 3.8) is 0 Å². The second-order valence-electron chi connectivity index (χ2n) is 6.40. The van der Waals surface area contributed by atoms with Crippen molar-refractivity contribution in [2.24, 2.45) is 0 Å². The summed E-state index contributed by atoms with van der Waals surface area (Å²) < 4.78 is 0. The molecular formula is C18H27N3O. The largest absolute Gasteiger partial charge is 0.322 e. The number of piperazine rings is 1. The minimum Gasteiger partial charge on any atom is -0.322 e. The first-order chi connectivity index (χ1) is 10.8. The highest BCUT2D eigenvalue weighted by Crippen LogP contribution is 2.24. The predicted octanol–water partition coefficient (Wildman–Crippen LogP) is 3.34. The molecule has 0 unspecified atom stereocenters. The maximum absolute atomic E-state index is 12.5. The van der Waals surface area contributed by atoms with Gasteiger partial charge in [-0.25, -0.2) is 4.79 Å². The second kappa shape index (κ2) is 7.14. The summed E-state index contributed by atoms with van der Waals surface area (Å²) in [5, 5.41) is 3.08. The number of nitrogens with zero attached hydrogens (tertiary/aromatic N) is 2. The number of para-hydroxylation sites is 1. The molecule has 1 saturated carbocycles. The van der Waals surface area contributed by atoms with Gasteiger partial charge in [-0.3, -0.25) is 4.90 Å². The summed E-state index contributed by atoms with van der Waals surface area (Å²) in [6, 6.07) is 8.89. The molecule has 2 fully saturated rings. The highest BCUT2D eigenvalue weighted by molar-refractivity contribution is 5.90. The molecule has 1 saturated heterocycles. The van der Waals surface area contributed by atoms with Gasteiger partial charge in [-0.1, -0.05) is 38.0 Å². The molecule has 22 heavy (non-hydrogen) atoms. The molecule has 3 rings (SSSR count). The number of anilines is 1. The minimum atomic E-state index is 0.0481. The van der Waals surface area contributed by atoms with Crippen molar-refractivity contribution in [3.05, 3.63) is 29.8 Å². The zero-order valence-electron chi connectivity index (χ0n) is 13.6. The Labute approximate surface area is 133 Å². The van der Waals surface area contributed by atoms with Gasteiger partial charge >= 0.3 is 6.03 Å². The maximum Gasteiger partial charge on any atom is 0.321 e. The number of hydrogen-bond acceptors (Lipinski definition) is 2. The molecule has 0 aromatic heterocycles. The van der Waals surface area contributed by atoms with Crippen LogP contribution in [0.3, 0.4) is 0 Å². The molecule has 2 aliphatic rings. The topological polar surface area (TPSA) is 35.6 Å². The number of carbonyl (C=O) groups excluding carboxylic acids is 1. The van der Waals surface area contributed by atoms with Gasteiger partial charge in [0.05, 0.1) is 0 Å². The molecule has 0 radical (unpaired) electrons. The Hall–Kier alpha value is -1.55. The van der Waals surface area contributed by atoms with E-state index in [-0.39, 0.29) is 6.03 Å². The third kappa shape index (κ3) is 3.43. The Balaban J connectivity index is 1.53. The van der Waals surface area contributed by atoms with Crippen molar-refractivity contribution in [3.8, 4) is 0 Å². The number of aryl methyl sites for hydroxylation is 1.